The van der Waals surface area contributed by atoms with Crippen LogP contribution in [0.5, 0.6) is 0 Å². The van der Waals surface area contributed by atoms with Gasteiger partial charge in [-0.05, 0) is 38.8 Å². The van der Waals surface area contributed by atoms with Crippen LogP contribution in [0.15, 0.2) is 60.5 Å². The normalized spacial score (nSPS) is 11.6. The van der Waals surface area contributed by atoms with Crippen LogP contribution in [0.2, 0.25) is 0 Å². The second kappa shape index (κ2) is 11.6. The number of aromatic nitrogens is 2. The summed E-state index contributed by atoms with van der Waals surface area (Å²) in [6.07, 6.45) is 9.99. The van der Waals surface area contributed by atoms with Crippen molar-refractivity contribution in [1.29, 1.82) is 0 Å². The standard InChI is InChI=1S/C21H30N6O/c1-3-4-5-7-10-17(2)25-16-27(18-11-8-6-9-12-18)20-19(22)15-24-21(26-20)23-13-14-28/h3-4,6,8-12,15,25,28H,5,7,13-14,16,22H2,1-2H3,(H,23,24,26)/b4-3-,17-10+. The van der Waals surface area contributed by atoms with Crippen LogP contribution in [0.3, 0.4) is 0 Å². The van der Waals surface area contributed by atoms with Gasteiger partial charge in [-0.15, -0.1) is 0 Å². The molecule has 0 atom stereocenters. The maximum atomic E-state index is 9.01. The number of hydrogen-bond acceptors (Lipinski definition) is 7. The van der Waals surface area contributed by atoms with E-state index in [-0.39, 0.29) is 6.61 Å². The largest absolute Gasteiger partial charge is 0.395 e. The summed E-state index contributed by atoms with van der Waals surface area (Å²) in [7, 11) is 0. The number of aliphatic hydroxyl groups is 1. The van der Waals surface area contributed by atoms with E-state index in [0.29, 0.717) is 30.7 Å². The van der Waals surface area contributed by atoms with Gasteiger partial charge in [-0.1, -0.05) is 36.4 Å². The monoisotopic (exact) mass is 382 g/mol. The molecule has 150 valence electrons. The van der Waals surface area contributed by atoms with E-state index in [0.717, 1.165) is 24.2 Å². The number of hydrogen-bond donors (Lipinski definition) is 4. The lowest BCUT2D eigenvalue weighted by Crippen LogP contribution is -2.31. The minimum Gasteiger partial charge on any atom is -0.395 e. The van der Waals surface area contributed by atoms with Gasteiger partial charge in [0.05, 0.1) is 25.2 Å². The zero-order valence-corrected chi connectivity index (χ0v) is 16.6. The Hall–Kier alpha value is -3.06. The van der Waals surface area contributed by atoms with E-state index in [2.05, 4.69) is 45.8 Å². The summed E-state index contributed by atoms with van der Waals surface area (Å²) in [5.74, 6) is 1.04. The van der Waals surface area contributed by atoms with Crippen molar-refractivity contribution in [3.8, 4) is 0 Å². The van der Waals surface area contributed by atoms with Crippen LogP contribution in [0.4, 0.5) is 23.1 Å². The number of nitrogen functional groups attached to an aromatic ring is 1. The lowest BCUT2D eigenvalue weighted by Gasteiger charge is -2.26. The molecular weight excluding hydrogens is 352 g/mol. The number of aliphatic hydroxyl groups excluding tert-OH is 1. The zero-order chi connectivity index (χ0) is 20.2. The Morgan fingerprint density at radius 1 is 1.25 bits per heavy atom. The first-order valence-electron chi connectivity index (χ1n) is 9.47. The summed E-state index contributed by atoms with van der Waals surface area (Å²) >= 11 is 0. The molecule has 0 bridgehead atoms. The molecule has 7 heteroatoms. The van der Waals surface area contributed by atoms with Crippen LogP contribution in [0, 0.1) is 0 Å². The maximum absolute atomic E-state index is 9.01. The molecule has 1 aromatic heterocycles. The van der Waals surface area contributed by atoms with Gasteiger partial charge in [0, 0.05) is 17.9 Å². The number of allylic oxidation sites excluding steroid dienone is 4. The highest BCUT2D eigenvalue weighted by Crippen LogP contribution is 2.28. The summed E-state index contributed by atoms with van der Waals surface area (Å²) in [5, 5.41) is 15.4. The van der Waals surface area contributed by atoms with Crippen LogP contribution >= 0.6 is 0 Å². The van der Waals surface area contributed by atoms with Crippen LogP contribution in [-0.4, -0.2) is 34.9 Å². The predicted octanol–water partition coefficient (Wildman–Crippen LogP) is 3.41. The molecule has 28 heavy (non-hydrogen) atoms. The third kappa shape index (κ3) is 6.59. The SMILES string of the molecule is C/C=C\CC/C=C(\C)NCN(c1ccccc1)c1nc(NCCO)ncc1N. The highest BCUT2D eigenvalue weighted by Gasteiger charge is 2.15. The minimum absolute atomic E-state index is 0.00420. The molecule has 0 amide bonds. The highest BCUT2D eigenvalue weighted by atomic mass is 16.3. The molecule has 0 radical (unpaired) electrons. The molecule has 0 unspecified atom stereocenters. The van der Waals surface area contributed by atoms with Gasteiger partial charge in [0.15, 0.2) is 5.82 Å². The van der Waals surface area contributed by atoms with Crippen molar-refractivity contribution in [2.45, 2.75) is 26.7 Å². The molecule has 0 spiro atoms. The van der Waals surface area contributed by atoms with E-state index >= 15 is 0 Å². The Balaban J connectivity index is 2.21. The van der Waals surface area contributed by atoms with E-state index in [1.54, 1.807) is 6.20 Å². The van der Waals surface area contributed by atoms with E-state index < -0.39 is 0 Å². The smallest absolute Gasteiger partial charge is 0.224 e. The van der Waals surface area contributed by atoms with Crippen LogP contribution in [-0.2, 0) is 0 Å². The van der Waals surface area contributed by atoms with Crippen molar-refractivity contribution in [1.82, 2.24) is 15.3 Å². The van der Waals surface area contributed by atoms with Gasteiger partial charge in [-0.2, -0.15) is 4.98 Å². The fourth-order valence-electron chi connectivity index (χ4n) is 2.59. The molecule has 2 aromatic rings. The first-order chi connectivity index (χ1) is 13.7. The summed E-state index contributed by atoms with van der Waals surface area (Å²) in [6, 6.07) is 9.94. The number of nitrogens with zero attached hydrogens (tertiary/aromatic N) is 3. The Labute approximate surface area is 167 Å². The molecule has 0 fully saturated rings. The van der Waals surface area contributed by atoms with E-state index in [4.69, 9.17) is 10.8 Å². The van der Waals surface area contributed by atoms with E-state index in [1.807, 2.05) is 42.2 Å². The fourth-order valence-corrected chi connectivity index (χ4v) is 2.59. The van der Waals surface area contributed by atoms with E-state index in [9.17, 15) is 0 Å². The summed E-state index contributed by atoms with van der Waals surface area (Å²) in [4.78, 5) is 10.7. The quantitative estimate of drug-likeness (QED) is 0.268. The number of benzene rings is 1. The van der Waals surface area contributed by atoms with Gasteiger partial charge in [-0.3, -0.25) is 0 Å². The average Bonchev–Trinajstić information content (AvgIpc) is 2.72. The molecule has 0 saturated carbocycles. The first-order valence-corrected chi connectivity index (χ1v) is 9.47. The Kier molecular flexibility index (Phi) is 8.81. The summed E-state index contributed by atoms with van der Waals surface area (Å²) in [6.45, 7) is 4.97. The Morgan fingerprint density at radius 3 is 2.75 bits per heavy atom. The van der Waals surface area contributed by atoms with Gasteiger partial charge in [0.1, 0.15) is 0 Å². The summed E-state index contributed by atoms with van der Waals surface area (Å²) < 4.78 is 0. The average molecular weight is 383 g/mol. The second-order valence-corrected chi connectivity index (χ2v) is 6.25. The molecule has 5 N–H and O–H groups in total. The van der Waals surface area contributed by atoms with Crippen molar-refractivity contribution in [3.05, 3.63) is 60.5 Å². The minimum atomic E-state index is 0.00420. The van der Waals surface area contributed by atoms with Crippen LogP contribution in [0.1, 0.15) is 26.7 Å². The van der Waals surface area contributed by atoms with Gasteiger partial charge in [0.2, 0.25) is 5.95 Å². The second-order valence-electron chi connectivity index (χ2n) is 6.25. The van der Waals surface area contributed by atoms with Gasteiger partial charge >= 0.3 is 0 Å². The lowest BCUT2D eigenvalue weighted by atomic mass is 10.2. The molecule has 1 heterocycles. The number of anilines is 4. The topological polar surface area (TPSA) is 99.3 Å². The van der Waals surface area contributed by atoms with Crippen molar-refractivity contribution < 1.29 is 5.11 Å². The molecule has 0 aliphatic heterocycles. The third-order valence-electron chi connectivity index (χ3n) is 4.05. The van der Waals surface area contributed by atoms with Gasteiger partial charge in [0.25, 0.3) is 0 Å². The van der Waals surface area contributed by atoms with Crippen molar-refractivity contribution in [2.75, 3.05) is 35.8 Å². The Morgan fingerprint density at radius 2 is 2.04 bits per heavy atom. The van der Waals surface area contributed by atoms with Crippen molar-refractivity contribution >= 4 is 23.1 Å². The van der Waals surface area contributed by atoms with E-state index in [1.165, 1.54) is 0 Å². The molecule has 1 aromatic carbocycles. The van der Waals surface area contributed by atoms with Crippen LogP contribution < -0.4 is 21.3 Å². The Bertz CT molecular complexity index is 776. The van der Waals surface area contributed by atoms with Gasteiger partial charge < -0.3 is 26.4 Å². The molecule has 0 saturated heterocycles. The number of unbranched alkanes of at least 4 members (excludes halogenated alkanes) is 1. The van der Waals surface area contributed by atoms with Crippen molar-refractivity contribution in [2.24, 2.45) is 0 Å². The lowest BCUT2D eigenvalue weighted by molar-refractivity contribution is 0.311. The molecule has 0 aliphatic carbocycles. The first kappa shape index (κ1) is 21.2. The molecule has 2 rings (SSSR count). The third-order valence-corrected chi connectivity index (χ3v) is 4.05. The predicted molar refractivity (Wildman–Crippen MR) is 116 cm³/mol. The summed E-state index contributed by atoms with van der Waals surface area (Å²) in [5.41, 5.74) is 8.73. The van der Waals surface area contributed by atoms with Crippen molar-refractivity contribution in [3.63, 3.8) is 0 Å². The number of nitrogens with two attached hydrogens (primary N) is 1. The van der Waals surface area contributed by atoms with Gasteiger partial charge in [-0.25, -0.2) is 4.98 Å². The molecule has 0 aliphatic rings. The number of para-hydroxylation sites is 1. The fraction of sp³-hybridized carbons (Fsp3) is 0.333. The highest BCUT2D eigenvalue weighted by molar-refractivity contribution is 5.71. The molecular formula is C21H30N6O. The zero-order valence-electron chi connectivity index (χ0n) is 16.6. The number of nitrogens with one attached hydrogen (secondary N) is 2. The number of rotatable bonds is 11. The van der Waals surface area contributed by atoms with Crippen LogP contribution in [0.25, 0.3) is 0 Å². The molecule has 7 nitrogen and oxygen atoms in total. The maximum Gasteiger partial charge on any atom is 0.224 e.